The molecule has 7 nitrogen and oxygen atoms in total. The monoisotopic (exact) mass is 550 g/mol. The molecule has 10 heteroatoms. The van der Waals surface area contributed by atoms with Crippen LogP contribution in [-0.4, -0.2) is 37.9 Å². The van der Waals surface area contributed by atoms with Crippen molar-refractivity contribution in [1.29, 1.82) is 0 Å². The lowest BCUT2D eigenvalue weighted by Crippen LogP contribution is -2.39. The summed E-state index contributed by atoms with van der Waals surface area (Å²) in [6.45, 7) is 5.28. The minimum absolute atomic E-state index is 0.349. The number of hydrogen-bond donors (Lipinski definition) is 1. The van der Waals surface area contributed by atoms with Gasteiger partial charge in [-0.3, -0.25) is 9.10 Å². The highest BCUT2D eigenvalue weighted by Gasteiger charge is 2.22. The van der Waals surface area contributed by atoms with Gasteiger partial charge in [-0.1, -0.05) is 39.7 Å². The first kappa shape index (κ1) is 25.0. The van der Waals surface area contributed by atoms with Crippen molar-refractivity contribution in [2.75, 3.05) is 17.1 Å². The third-order valence-electron chi connectivity index (χ3n) is 5.06. The molecule has 0 saturated carbocycles. The quantitative estimate of drug-likeness (QED) is 0.340. The number of halogens is 2. The van der Waals surface area contributed by atoms with Crippen molar-refractivity contribution in [2.45, 2.75) is 20.8 Å². The molecule has 0 radical (unpaired) electrons. The van der Waals surface area contributed by atoms with E-state index in [1.165, 1.54) is 6.07 Å². The molecule has 1 aromatic heterocycles. The number of nitrogens with zero attached hydrogens (tertiary/aromatic N) is 3. The van der Waals surface area contributed by atoms with Crippen molar-refractivity contribution in [2.24, 2.45) is 5.10 Å². The van der Waals surface area contributed by atoms with E-state index < -0.39 is 22.5 Å². The lowest BCUT2D eigenvalue weighted by atomic mass is 10.2. The minimum Gasteiger partial charge on any atom is -0.318 e. The third-order valence-corrected chi connectivity index (χ3v) is 6.91. The van der Waals surface area contributed by atoms with E-state index >= 15 is 0 Å². The van der Waals surface area contributed by atoms with Crippen LogP contribution in [0.1, 0.15) is 22.5 Å². The van der Waals surface area contributed by atoms with Crippen LogP contribution in [0.2, 0.25) is 5.02 Å². The maximum Gasteiger partial charge on any atom is 0.260 e. The zero-order chi connectivity index (χ0) is 24.3. The number of hydrazone groups is 1. The molecule has 0 aliphatic rings. The molecular formula is C23H24BrClN4O3S. The first-order valence-corrected chi connectivity index (χ1v) is 13.0. The van der Waals surface area contributed by atoms with Gasteiger partial charge in [0.25, 0.3) is 5.91 Å². The van der Waals surface area contributed by atoms with Crippen LogP contribution >= 0.6 is 27.5 Å². The Hall–Kier alpha value is -2.62. The number of sulfonamides is 1. The van der Waals surface area contributed by atoms with Gasteiger partial charge in [-0.05, 0) is 62.7 Å². The molecule has 1 heterocycles. The molecule has 0 atom stereocenters. The van der Waals surface area contributed by atoms with Crippen LogP contribution in [0.3, 0.4) is 0 Å². The molecule has 0 aliphatic heterocycles. The summed E-state index contributed by atoms with van der Waals surface area (Å²) < 4.78 is 28.7. The molecule has 1 amide bonds. The van der Waals surface area contributed by atoms with Crippen LogP contribution in [0.4, 0.5) is 5.69 Å². The summed E-state index contributed by atoms with van der Waals surface area (Å²) in [4.78, 5) is 12.5. The summed E-state index contributed by atoms with van der Waals surface area (Å²) >= 11 is 9.52. The molecule has 174 valence electrons. The summed E-state index contributed by atoms with van der Waals surface area (Å²) in [5.41, 5.74) is 7.25. The number of carbonyl (C=O) groups is 1. The second-order valence-electron chi connectivity index (χ2n) is 7.64. The number of anilines is 1. The Bertz CT molecular complexity index is 1340. The lowest BCUT2D eigenvalue weighted by Gasteiger charge is -2.23. The average Bonchev–Trinajstić information content (AvgIpc) is 3.00. The van der Waals surface area contributed by atoms with Gasteiger partial charge >= 0.3 is 0 Å². The molecule has 0 fully saturated rings. The van der Waals surface area contributed by atoms with Crippen LogP contribution in [0.25, 0.3) is 5.69 Å². The van der Waals surface area contributed by atoms with Gasteiger partial charge in [-0.25, -0.2) is 13.8 Å². The largest absolute Gasteiger partial charge is 0.318 e. The fraction of sp³-hybridized carbons (Fsp3) is 0.217. The number of aryl methyl sites for hydroxylation is 2. The number of aromatic nitrogens is 1. The van der Waals surface area contributed by atoms with E-state index in [2.05, 4.69) is 31.0 Å². The number of hydrogen-bond acceptors (Lipinski definition) is 4. The van der Waals surface area contributed by atoms with Crippen LogP contribution in [-0.2, 0) is 14.8 Å². The molecule has 0 bridgehead atoms. The number of amides is 1. The minimum atomic E-state index is -3.72. The maximum atomic E-state index is 12.5. The van der Waals surface area contributed by atoms with Gasteiger partial charge in [0.2, 0.25) is 10.0 Å². The van der Waals surface area contributed by atoms with Gasteiger partial charge in [0.15, 0.2) is 0 Å². The van der Waals surface area contributed by atoms with Crippen LogP contribution < -0.4 is 9.73 Å². The number of carbonyl (C=O) groups excluding carboxylic acids is 1. The third kappa shape index (κ3) is 6.04. The zero-order valence-electron chi connectivity index (χ0n) is 18.6. The van der Waals surface area contributed by atoms with Crippen molar-refractivity contribution in [3.05, 3.63) is 80.5 Å². The summed E-state index contributed by atoms with van der Waals surface area (Å²) in [5, 5.41) is 4.42. The normalized spacial score (nSPS) is 11.7. The molecule has 0 spiro atoms. The highest BCUT2D eigenvalue weighted by atomic mass is 79.9. The van der Waals surface area contributed by atoms with Gasteiger partial charge in [0, 0.05) is 32.1 Å². The first-order valence-electron chi connectivity index (χ1n) is 9.98. The lowest BCUT2D eigenvalue weighted by molar-refractivity contribution is -0.119. The van der Waals surface area contributed by atoms with E-state index in [-0.39, 0.29) is 0 Å². The predicted molar refractivity (Wildman–Crippen MR) is 137 cm³/mol. The Kier molecular flexibility index (Phi) is 7.66. The molecule has 0 saturated heterocycles. The summed E-state index contributed by atoms with van der Waals surface area (Å²) in [6.07, 6.45) is 2.59. The molecule has 1 N–H and O–H groups in total. The number of nitrogens with one attached hydrogen (secondary N) is 1. The highest BCUT2D eigenvalue weighted by molar-refractivity contribution is 9.10. The molecule has 0 aliphatic carbocycles. The second-order valence-corrected chi connectivity index (χ2v) is 10.9. The van der Waals surface area contributed by atoms with Crippen molar-refractivity contribution >= 4 is 55.4 Å². The van der Waals surface area contributed by atoms with E-state index in [9.17, 15) is 13.2 Å². The van der Waals surface area contributed by atoms with Crippen molar-refractivity contribution in [3.63, 3.8) is 0 Å². The molecule has 0 unspecified atom stereocenters. The molecule has 33 heavy (non-hydrogen) atoms. The predicted octanol–water partition coefficient (Wildman–Crippen LogP) is 4.73. The maximum absolute atomic E-state index is 12.5. The fourth-order valence-corrected chi connectivity index (χ4v) is 4.96. The molecular weight excluding hydrogens is 528 g/mol. The van der Waals surface area contributed by atoms with Gasteiger partial charge in [-0.15, -0.1) is 0 Å². The SMILES string of the molecule is Cc1ccc(Cl)cc1N(CC(=O)N/N=C\c1cc(C)n(-c2cccc(Br)c2)c1C)S(C)(=O)=O. The topological polar surface area (TPSA) is 83.8 Å². The Morgan fingerprint density at radius 1 is 1.18 bits per heavy atom. The Labute approximate surface area is 207 Å². The average molecular weight is 552 g/mol. The van der Waals surface area contributed by atoms with Gasteiger partial charge in [-0.2, -0.15) is 5.10 Å². The van der Waals surface area contributed by atoms with Crippen molar-refractivity contribution in [1.82, 2.24) is 9.99 Å². The van der Waals surface area contributed by atoms with E-state index in [1.807, 2.05) is 44.2 Å². The Morgan fingerprint density at radius 3 is 2.58 bits per heavy atom. The summed E-state index contributed by atoms with van der Waals surface area (Å²) in [7, 11) is -3.72. The van der Waals surface area contributed by atoms with Crippen LogP contribution in [0, 0.1) is 20.8 Å². The summed E-state index contributed by atoms with van der Waals surface area (Å²) in [5.74, 6) is -0.572. The van der Waals surface area contributed by atoms with E-state index in [1.54, 1.807) is 25.3 Å². The van der Waals surface area contributed by atoms with E-state index in [0.717, 1.165) is 37.7 Å². The van der Waals surface area contributed by atoms with E-state index in [0.29, 0.717) is 16.3 Å². The Morgan fingerprint density at radius 2 is 1.91 bits per heavy atom. The zero-order valence-corrected chi connectivity index (χ0v) is 21.8. The van der Waals surface area contributed by atoms with Crippen LogP contribution in [0.5, 0.6) is 0 Å². The highest BCUT2D eigenvalue weighted by Crippen LogP contribution is 2.26. The Balaban J connectivity index is 1.77. The van der Waals surface area contributed by atoms with Crippen LogP contribution in [0.15, 0.2) is 58.1 Å². The number of benzene rings is 2. The summed E-state index contributed by atoms with van der Waals surface area (Å²) in [6, 6.07) is 14.8. The second kappa shape index (κ2) is 10.1. The molecule has 3 rings (SSSR count). The molecule has 2 aromatic carbocycles. The smallest absolute Gasteiger partial charge is 0.260 e. The number of rotatable bonds is 7. The van der Waals surface area contributed by atoms with Crippen molar-refractivity contribution < 1.29 is 13.2 Å². The fourth-order valence-electron chi connectivity index (χ4n) is 3.50. The van der Waals surface area contributed by atoms with Gasteiger partial charge in [0.05, 0.1) is 18.2 Å². The van der Waals surface area contributed by atoms with E-state index in [4.69, 9.17) is 11.6 Å². The van der Waals surface area contributed by atoms with Gasteiger partial charge < -0.3 is 4.57 Å². The standard InChI is InChI=1S/C23H24BrClN4O3S/c1-15-8-9-20(25)12-22(15)28(33(4,31)32)14-23(30)27-26-13-18-10-16(2)29(17(18)3)21-7-5-6-19(24)11-21/h5-13H,14H2,1-4H3,(H,27,30)/b26-13-. The van der Waals surface area contributed by atoms with Gasteiger partial charge in [0.1, 0.15) is 6.54 Å². The first-order chi connectivity index (χ1) is 15.5. The molecule has 3 aromatic rings. The van der Waals surface area contributed by atoms with Crippen molar-refractivity contribution in [3.8, 4) is 5.69 Å².